The van der Waals surface area contributed by atoms with Gasteiger partial charge in [-0.05, 0) is 54.8 Å². The summed E-state index contributed by atoms with van der Waals surface area (Å²) in [5, 5.41) is 12.1. The standard InChI is InChI=1S/C24H23F3N4O3/c1-2-21(33)30-10-4-7-18(13-30)31-20-9-8-15(14-32)11-19(20)28-23(31)29-22(34)16-5-3-6-17(12-16)24(25,26)27/h2-3,5-6,8-9,11-12,18,32H,1,4,7,10,13-14H2,(H,28,29,34)/t18-/m1/s1. The van der Waals surface area contributed by atoms with Gasteiger partial charge in [-0.3, -0.25) is 14.9 Å². The van der Waals surface area contributed by atoms with Crippen molar-refractivity contribution in [2.45, 2.75) is 31.7 Å². The van der Waals surface area contributed by atoms with E-state index >= 15 is 0 Å². The predicted octanol–water partition coefficient (Wildman–Crippen LogP) is 4.15. The Labute approximate surface area is 193 Å². The molecule has 2 amide bonds. The first-order valence-electron chi connectivity index (χ1n) is 10.7. The van der Waals surface area contributed by atoms with Crippen molar-refractivity contribution in [2.24, 2.45) is 0 Å². The Bertz CT molecular complexity index is 1250. The van der Waals surface area contributed by atoms with Crippen molar-refractivity contribution in [2.75, 3.05) is 18.4 Å². The summed E-state index contributed by atoms with van der Waals surface area (Å²) in [4.78, 5) is 31.2. The van der Waals surface area contributed by atoms with Gasteiger partial charge in [0.1, 0.15) is 0 Å². The number of anilines is 1. The van der Waals surface area contributed by atoms with Gasteiger partial charge in [-0.2, -0.15) is 13.2 Å². The zero-order chi connectivity index (χ0) is 24.5. The first-order chi connectivity index (χ1) is 16.2. The van der Waals surface area contributed by atoms with Gasteiger partial charge in [-0.25, -0.2) is 4.98 Å². The SMILES string of the molecule is C=CC(=O)N1CCC[C@@H](n2c(NC(=O)c3cccc(C(F)(F)F)c3)nc3cc(CO)ccc32)C1. The maximum absolute atomic E-state index is 13.1. The Kier molecular flexibility index (Phi) is 6.43. The summed E-state index contributed by atoms with van der Waals surface area (Å²) in [6.07, 6.45) is -1.90. The lowest BCUT2D eigenvalue weighted by atomic mass is 10.0. The van der Waals surface area contributed by atoms with Gasteiger partial charge < -0.3 is 14.6 Å². The average molecular weight is 472 g/mol. The minimum Gasteiger partial charge on any atom is -0.392 e. The summed E-state index contributed by atoms with van der Waals surface area (Å²) < 4.78 is 41.1. The van der Waals surface area contributed by atoms with Gasteiger partial charge in [0, 0.05) is 18.7 Å². The number of nitrogens with zero attached hydrogens (tertiary/aromatic N) is 3. The number of piperidine rings is 1. The van der Waals surface area contributed by atoms with E-state index in [4.69, 9.17) is 0 Å². The highest BCUT2D eigenvalue weighted by Crippen LogP contribution is 2.32. The number of alkyl halides is 3. The first-order valence-corrected chi connectivity index (χ1v) is 10.7. The predicted molar refractivity (Wildman–Crippen MR) is 120 cm³/mol. The maximum atomic E-state index is 13.1. The van der Waals surface area contributed by atoms with E-state index in [9.17, 15) is 27.9 Å². The molecule has 1 fully saturated rings. The van der Waals surface area contributed by atoms with E-state index in [1.807, 2.05) is 0 Å². The summed E-state index contributed by atoms with van der Waals surface area (Å²) in [5.74, 6) is -0.781. The topological polar surface area (TPSA) is 87.5 Å². The van der Waals surface area contributed by atoms with E-state index in [-0.39, 0.29) is 30.1 Å². The number of halogens is 3. The highest BCUT2D eigenvalue weighted by atomic mass is 19.4. The van der Waals surface area contributed by atoms with Gasteiger partial charge in [0.2, 0.25) is 11.9 Å². The Hall–Kier alpha value is -3.66. The molecule has 2 N–H and O–H groups in total. The monoisotopic (exact) mass is 472 g/mol. The fourth-order valence-corrected chi connectivity index (χ4v) is 4.21. The van der Waals surface area contributed by atoms with Crippen LogP contribution in [0.25, 0.3) is 11.0 Å². The lowest BCUT2D eigenvalue weighted by Gasteiger charge is -2.33. The fraction of sp³-hybridized carbons (Fsp3) is 0.292. The molecule has 0 aliphatic carbocycles. The molecule has 1 aliphatic heterocycles. The van der Waals surface area contributed by atoms with Crippen LogP contribution in [-0.2, 0) is 17.6 Å². The Balaban J connectivity index is 1.73. The minimum atomic E-state index is -4.58. The highest BCUT2D eigenvalue weighted by Gasteiger charge is 2.31. The number of carbonyl (C=O) groups is 2. The largest absolute Gasteiger partial charge is 0.416 e. The lowest BCUT2D eigenvalue weighted by molar-refractivity contribution is -0.137. The summed E-state index contributed by atoms with van der Waals surface area (Å²) in [6, 6.07) is 9.12. The number of nitrogens with one attached hydrogen (secondary N) is 1. The Morgan fingerprint density at radius 2 is 2.03 bits per heavy atom. The molecule has 1 aromatic heterocycles. The molecule has 178 valence electrons. The van der Waals surface area contributed by atoms with E-state index < -0.39 is 17.6 Å². The van der Waals surface area contributed by atoms with E-state index in [0.717, 1.165) is 18.6 Å². The second kappa shape index (κ2) is 9.30. The van der Waals surface area contributed by atoms with Crippen LogP contribution in [0.4, 0.5) is 19.1 Å². The molecule has 1 atom stereocenters. The van der Waals surface area contributed by atoms with E-state index in [1.165, 1.54) is 18.2 Å². The molecule has 1 saturated heterocycles. The molecule has 2 aromatic carbocycles. The summed E-state index contributed by atoms with van der Waals surface area (Å²) in [6.45, 7) is 4.29. The number of aliphatic hydroxyl groups excluding tert-OH is 1. The highest BCUT2D eigenvalue weighted by molar-refractivity contribution is 6.04. The second-order valence-corrected chi connectivity index (χ2v) is 8.10. The van der Waals surface area contributed by atoms with Gasteiger partial charge in [0.25, 0.3) is 5.91 Å². The zero-order valence-electron chi connectivity index (χ0n) is 18.2. The molecule has 1 aliphatic rings. The number of aromatic nitrogens is 2. The van der Waals surface area contributed by atoms with Crippen molar-refractivity contribution in [1.82, 2.24) is 14.5 Å². The molecule has 0 saturated carbocycles. The van der Waals surface area contributed by atoms with Gasteiger partial charge in [0.15, 0.2) is 0 Å². The van der Waals surface area contributed by atoms with Crippen LogP contribution in [0.1, 0.15) is 40.4 Å². The maximum Gasteiger partial charge on any atom is 0.416 e. The molecular formula is C24H23F3N4O3. The molecule has 3 aromatic rings. The van der Waals surface area contributed by atoms with Gasteiger partial charge in [-0.1, -0.05) is 18.7 Å². The zero-order valence-corrected chi connectivity index (χ0v) is 18.2. The molecular weight excluding hydrogens is 449 g/mol. The molecule has 4 rings (SSSR count). The van der Waals surface area contributed by atoms with Crippen molar-refractivity contribution >= 4 is 28.8 Å². The van der Waals surface area contributed by atoms with Crippen LogP contribution in [0.2, 0.25) is 0 Å². The minimum absolute atomic E-state index is 0.156. The van der Waals surface area contributed by atoms with Crippen molar-refractivity contribution < 1.29 is 27.9 Å². The molecule has 34 heavy (non-hydrogen) atoms. The number of hydrogen-bond donors (Lipinski definition) is 2. The number of imidazole rings is 1. The van der Waals surface area contributed by atoms with Crippen LogP contribution < -0.4 is 5.32 Å². The van der Waals surface area contributed by atoms with E-state index in [0.29, 0.717) is 36.1 Å². The Morgan fingerprint density at radius 1 is 1.24 bits per heavy atom. The number of fused-ring (bicyclic) bond motifs is 1. The van der Waals surface area contributed by atoms with Gasteiger partial charge in [-0.15, -0.1) is 0 Å². The molecule has 7 nitrogen and oxygen atoms in total. The molecule has 2 heterocycles. The quantitative estimate of drug-likeness (QED) is 0.547. The molecule has 0 unspecified atom stereocenters. The summed E-state index contributed by atoms with van der Waals surface area (Å²) in [7, 11) is 0. The molecule has 10 heteroatoms. The first kappa shape index (κ1) is 23.5. The fourth-order valence-electron chi connectivity index (χ4n) is 4.21. The molecule has 0 radical (unpaired) electrons. The van der Waals surface area contributed by atoms with Crippen LogP contribution in [0.5, 0.6) is 0 Å². The number of aliphatic hydroxyl groups is 1. The van der Waals surface area contributed by atoms with Crippen molar-refractivity contribution in [3.8, 4) is 0 Å². The lowest BCUT2D eigenvalue weighted by Crippen LogP contribution is -2.40. The van der Waals surface area contributed by atoms with E-state index in [2.05, 4.69) is 16.9 Å². The van der Waals surface area contributed by atoms with Crippen LogP contribution in [0.3, 0.4) is 0 Å². The third kappa shape index (κ3) is 4.67. The van der Waals surface area contributed by atoms with Crippen molar-refractivity contribution in [3.05, 3.63) is 71.8 Å². The number of hydrogen-bond acceptors (Lipinski definition) is 4. The average Bonchev–Trinajstić information content (AvgIpc) is 3.19. The third-order valence-electron chi connectivity index (χ3n) is 5.86. The van der Waals surface area contributed by atoms with Crippen LogP contribution in [0.15, 0.2) is 55.1 Å². The smallest absolute Gasteiger partial charge is 0.392 e. The van der Waals surface area contributed by atoms with Gasteiger partial charge >= 0.3 is 6.18 Å². The number of likely N-dealkylation sites (tertiary alicyclic amines) is 1. The molecule has 0 bridgehead atoms. The number of carbonyl (C=O) groups excluding carboxylic acids is 2. The van der Waals surface area contributed by atoms with Crippen LogP contribution in [-0.4, -0.2) is 44.5 Å². The molecule has 0 spiro atoms. The Morgan fingerprint density at radius 3 is 2.74 bits per heavy atom. The van der Waals surface area contributed by atoms with E-state index in [1.54, 1.807) is 27.7 Å². The normalized spacial score (nSPS) is 16.5. The van der Waals surface area contributed by atoms with Crippen molar-refractivity contribution in [3.63, 3.8) is 0 Å². The van der Waals surface area contributed by atoms with Crippen LogP contribution in [0, 0.1) is 0 Å². The van der Waals surface area contributed by atoms with Crippen molar-refractivity contribution in [1.29, 1.82) is 0 Å². The second-order valence-electron chi connectivity index (χ2n) is 8.10. The summed E-state index contributed by atoms with van der Waals surface area (Å²) >= 11 is 0. The third-order valence-corrected chi connectivity index (χ3v) is 5.86. The summed E-state index contributed by atoms with van der Waals surface area (Å²) in [5.41, 5.74) is 0.733. The van der Waals surface area contributed by atoms with Crippen LogP contribution >= 0.6 is 0 Å². The van der Waals surface area contributed by atoms with Gasteiger partial charge in [0.05, 0.1) is 29.2 Å². The number of amides is 2. The number of rotatable bonds is 5. The number of benzene rings is 2.